The summed E-state index contributed by atoms with van der Waals surface area (Å²) < 4.78 is 0. The second-order valence-electron chi connectivity index (χ2n) is 5.51. The Morgan fingerprint density at radius 2 is 1.88 bits per heavy atom. The van der Waals surface area contributed by atoms with E-state index in [1.54, 1.807) is 0 Å². The van der Waals surface area contributed by atoms with E-state index in [9.17, 15) is 0 Å². The highest BCUT2D eigenvalue weighted by Gasteiger charge is 2.37. The normalized spacial score (nSPS) is 16.1. The number of hydrogen-bond donors (Lipinski definition) is 1. The molecule has 0 spiro atoms. The SMILES string of the molecule is CC(C)(Nc1ccc2ccccc2n1)C1CC1. The van der Waals surface area contributed by atoms with Crippen molar-refractivity contribution in [3.63, 3.8) is 0 Å². The van der Waals surface area contributed by atoms with Crippen molar-refractivity contribution in [2.24, 2.45) is 5.92 Å². The third kappa shape index (κ3) is 2.12. The monoisotopic (exact) mass is 226 g/mol. The van der Waals surface area contributed by atoms with E-state index in [-0.39, 0.29) is 5.54 Å². The van der Waals surface area contributed by atoms with Crippen LogP contribution in [0.4, 0.5) is 5.82 Å². The fraction of sp³-hybridized carbons (Fsp3) is 0.400. The molecule has 1 N–H and O–H groups in total. The molecule has 1 aliphatic carbocycles. The Hall–Kier alpha value is -1.57. The van der Waals surface area contributed by atoms with Crippen LogP contribution in [-0.2, 0) is 0 Å². The van der Waals surface area contributed by atoms with Crippen molar-refractivity contribution >= 4 is 16.7 Å². The van der Waals surface area contributed by atoms with Gasteiger partial charge in [-0.25, -0.2) is 4.98 Å². The molecule has 2 aromatic rings. The van der Waals surface area contributed by atoms with Crippen LogP contribution in [-0.4, -0.2) is 10.5 Å². The fourth-order valence-electron chi connectivity index (χ4n) is 2.37. The fourth-order valence-corrected chi connectivity index (χ4v) is 2.37. The highest BCUT2D eigenvalue weighted by molar-refractivity contribution is 5.80. The molecule has 0 bridgehead atoms. The zero-order valence-electron chi connectivity index (χ0n) is 10.4. The molecular formula is C15H18N2. The number of para-hydroxylation sites is 1. The minimum atomic E-state index is 0.162. The maximum absolute atomic E-state index is 4.66. The predicted molar refractivity (Wildman–Crippen MR) is 72.2 cm³/mol. The lowest BCUT2D eigenvalue weighted by atomic mass is 9.99. The molecule has 2 heteroatoms. The van der Waals surface area contributed by atoms with Crippen molar-refractivity contribution in [3.05, 3.63) is 36.4 Å². The number of nitrogens with zero attached hydrogens (tertiary/aromatic N) is 1. The summed E-state index contributed by atoms with van der Waals surface area (Å²) in [5.74, 6) is 1.79. The van der Waals surface area contributed by atoms with Crippen molar-refractivity contribution in [1.29, 1.82) is 0 Å². The van der Waals surface area contributed by atoms with Crippen LogP contribution in [0.15, 0.2) is 36.4 Å². The van der Waals surface area contributed by atoms with Crippen molar-refractivity contribution in [1.82, 2.24) is 4.98 Å². The third-order valence-electron chi connectivity index (χ3n) is 3.65. The van der Waals surface area contributed by atoms with E-state index in [1.165, 1.54) is 18.2 Å². The van der Waals surface area contributed by atoms with Gasteiger partial charge in [0.15, 0.2) is 0 Å². The Bertz CT molecular complexity index is 541. The highest BCUT2D eigenvalue weighted by Crippen LogP contribution is 2.40. The molecule has 88 valence electrons. The number of fused-ring (bicyclic) bond motifs is 1. The van der Waals surface area contributed by atoms with Crippen LogP contribution in [0.3, 0.4) is 0 Å². The van der Waals surface area contributed by atoms with E-state index in [0.29, 0.717) is 0 Å². The standard InChI is InChI=1S/C15H18N2/c1-15(2,12-8-9-12)17-14-10-7-11-5-3-4-6-13(11)16-14/h3-7,10,12H,8-9H2,1-2H3,(H,16,17). The van der Waals surface area contributed by atoms with Gasteiger partial charge in [-0.15, -0.1) is 0 Å². The molecule has 3 rings (SSSR count). The summed E-state index contributed by atoms with van der Waals surface area (Å²) in [4.78, 5) is 4.66. The molecule has 17 heavy (non-hydrogen) atoms. The molecule has 1 heterocycles. The third-order valence-corrected chi connectivity index (χ3v) is 3.65. The van der Waals surface area contributed by atoms with Crippen molar-refractivity contribution < 1.29 is 0 Å². The molecule has 1 fully saturated rings. The number of hydrogen-bond acceptors (Lipinski definition) is 2. The second kappa shape index (κ2) is 3.73. The van der Waals surface area contributed by atoms with Gasteiger partial charge in [0, 0.05) is 10.9 Å². The summed E-state index contributed by atoms with van der Waals surface area (Å²) in [5, 5.41) is 4.76. The van der Waals surface area contributed by atoms with E-state index in [4.69, 9.17) is 0 Å². The first kappa shape index (κ1) is 10.6. The van der Waals surface area contributed by atoms with Gasteiger partial charge in [0.1, 0.15) is 5.82 Å². The second-order valence-corrected chi connectivity index (χ2v) is 5.51. The lowest BCUT2D eigenvalue weighted by Crippen LogP contribution is -2.33. The number of aromatic nitrogens is 1. The first-order chi connectivity index (χ1) is 8.15. The van der Waals surface area contributed by atoms with Gasteiger partial charge in [0.05, 0.1) is 5.52 Å². The molecule has 1 saturated carbocycles. The zero-order chi connectivity index (χ0) is 11.9. The Morgan fingerprint density at radius 3 is 2.65 bits per heavy atom. The minimum Gasteiger partial charge on any atom is -0.365 e. The van der Waals surface area contributed by atoms with Crippen LogP contribution in [0.5, 0.6) is 0 Å². The first-order valence-electron chi connectivity index (χ1n) is 6.29. The molecule has 0 amide bonds. The van der Waals surface area contributed by atoms with Crippen LogP contribution in [0.2, 0.25) is 0 Å². The van der Waals surface area contributed by atoms with Gasteiger partial charge >= 0.3 is 0 Å². The minimum absolute atomic E-state index is 0.162. The first-order valence-corrected chi connectivity index (χ1v) is 6.29. The summed E-state index contributed by atoms with van der Waals surface area (Å²) in [6, 6.07) is 12.4. The Balaban J connectivity index is 1.90. The average Bonchev–Trinajstić information content (AvgIpc) is 3.12. The molecule has 0 aliphatic heterocycles. The molecule has 0 saturated heterocycles. The largest absolute Gasteiger partial charge is 0.365 e. The number of anilines is 1. The lowest BCUT2D eigenvalue weighted by molar-refractivity contribution is 0.493. The van der Waals surface area contributed by atoms with Crippen LogP contribution in [0.25, 0.3) is 10.9 Å². The van der Waals surface area contributed by atoms with Gasteiger partial charge in [-0.3, -0.25) is 0 Å². The summed E-state index contributed by atoms with van der Waals surface area (Å²) in [6.07, 6.45) is 2.68. The van der Waals surface area contributed by atoms with Gasteiger partial charge in [0.25, 0.3) is 0 Å². The molecule has 0 atom stereocenters. The average molecular weight is 226 g/mol. The van der Waals surface area contributed by atoms with Crippen LogP contribution < -0.4 is 5.32 Å². The predicted octanol–water partition coefficient (Wildman–Crippen LogP) is 3.84. The van der Waals surface area contributed by atoms with Crippen LogP contribution in [0.1, 0.15) is 26.7 Å². The molecule has 0 unspecified atom stereocenters. The maximum Gasteiger partial charge on any atom is 0.127 e. The molecular weight excluding hydrogens is 208 g/mol. The van der Waals surface area contributed by atoms with E-state index in [0.717, 1.165) is 17.3 Å². The zero-order valence-corrected chi connectivity index (χ0v) is 10.4. The number of benzene rings is 1. The number of nitrogens with one attached hydrogen (secondary N) is 1. The summed E-state index contributed by atoms with van der Waals surface area (Å²) in [6.45, 7) is 4.53. The molecule has 1 aromatic heterocycles. The van der Waals surface area contributed by atoms with E-state index >= 15 is 0 Å². The van der Waals surface area contributed by atoms with E-state index < -0.39 is 0 Å². The van der Waals surface area contributed by atoms with Gasteiger partial charge in [-0.05, 0) is 50.8 Å². The van der Waals surface area contributed by atoms with Gasteiger partial charge in [-0.2, -0.15) is 0 Å². The Kier molecular flexibility index (Phi) is 2.32. The topological polar surface area (TPSA) is 24.9 Å². The Labute approximate surface area is 102 Å². The lowest BCUT2D eigenvalue weighted by Gasteiger charge is -2.26. The van der Waals surface area contributed by atoms with E-state index in [1.807, 2.05) is 12.1 Å². The van der Waals surface area contributed by atoms with Gasteiger partial charge in [-0.1, -0.05) is 18.2 Å². The molecule has 2 nitrogen and oxygen atoms in total. The van der Waals surface area contributed by atoms with Crippen molar-refractivity contribution in [3.8, 4) is 0 Å². The van der Waals surface area contributed by atoms with Crippen molar-refractivity contribution in [2.75, 3.05) is 5.32 Å². The quantitative estimate of drug-likeness (QED) is 0.860. The van der Waals surface area contributed by atoms with Crippen LogP contribution >= 0.6 is 0 Å². The van der Waals surface area contributed by atoms with Gasteiger partial charge in [0.2, 0.25) is 0 Å². The highest BCUT2D eigenvalue weighted by atomic mass is 15.1. The molecule has 0 radical (unpaired) electrons. The smallest absolute Gasteiger partial charge is 0.127 e. The van der Waals surface area contributed by atoms with Crippen LogP contribution in [0, 0.1) is 5.92 Å². The van der Waals surface area contributed by atoms with Crippen molar-refractivity contribution in [2.45, 2.75) is 32.2 Å². The van der Waals surface area contributed by atoms with E-state index in [2.05, 4.69) is 48.4 Å². The summed E-state index contributed by atoms with van der Waals surface area (Å²) >= 11 is 0. The number of rotatable bonds is 3. The molecule has 1 aromatic carbocycles. The molecule has 1 aliphatic rings. The number of pyridine rings is 1. The maximum atomic E-state index is 4.66. The van der Waals surface area contributed by atoms with Gasteiger partial charge < -0.3 is 5.32 Å². The Morgan fingerprint density at radius 1 is 1.12 bits per heavy atom. The summed E-state index contributed by atoms with van der Waals surface area (Å²) in [5.41, 5.74) is 1.22. The summed E-state index contributed by atoms with van der Waals surface area (Å²) in [7, 11) is 0.